The van der Waals surface area contributed by atoms with Crippen LogP contribution in [0.1, 0.15) is 15.9 Å². The van der Waals surface area contributed by atoms with Gasteiger partial charge in [0, 0.05) is 42.9 Å². The Bertz CT molecular complexity index is 902. The third kappa shape index (κ3) is 5.92. The highest BCUT2D eigenvalue weighted by molar-refractivity contribution is 7.89. The molecule has 6 nitrogen and oxygen atoms in total. The first-order chi connectivity index (χ1) is 12.7. The Morgan fingerprint density at radius 1 is 1.15 bits per heavy atom. The van der Waals surface area contributed by atoms with E-state index in [9.17, 15) is 13.2 Å². The summed E-state index contributed by atoms with van der Waals surface area (Å²) in [5.74, 6) is -0.252. The Kier molecular flexibility index (Phi) is 7.64. The van der Waals surface area contributed by atoms with E-state index in [2.05, 4.69) is 4.72 Å². The summed E-state index contributed by atoms with van der Waals surface area (Å²) < 4.78 is 31.5. The van der Waals surface area contributed by atoms with Gasteiger partial charge in [0.25, 0.3) is 5.91 Å². The average Bonchev–Trinajstić information content (AvgIpc) is 2.63. The number of ether oxygens (including phenoxy) is 1. The van der Waals surface area contributed by atoms with E-state index < -0.39 is 10.0 Å². The summed E-state index contributed by atoms with van der Waals surface area (Å²) in [5, 5.41) is 0.999. The fourth-order valence-electron chi connectivity index (χ4n) is 2.34. The molecule has 0 spiro atoms. The summed E-state index contributed by atoms with van der Waals surface area (Å²) in [4.78, 5) is 14.2. The van der Waals surface area contributed by atoms with Crippen LogP contribution in [0.3, 0.4) is 0 Å². The molecule has 2 aromatic carbocycles. The van der Waals surface area contributed by atoms with Gasteiger partial charge in [0.15, 0.2) is 0 Å². The minimum atomic E-state index is -3.64. The molecule has 0 atom stereocenters. The molecule has 0 aliphatic heterocycles. The molecule has 0 aliphatic carbocycles. The van der Waals surface area contributed by atoms with Gasteiger partial charge in [0.1, 0.15) is 0 Å². The van der Waals surface area contributed by atoms with E-state index in [1.807, 2.05) is 0 Å². The molecule has 1 amide bonds. The Balaban J connectivity index is 2.08. The second-order valence-electron chi connectivity index (χ2n) is 5.81. The van der Waals surface area contributed by atoms with Crippen LogP contribution in [0, 0.1) is 0 Å². The molecule has 9 heteroatoms. The monoisotopic (exact) mass is 430 g/mol. The van der Waals surface area contributed by atoms with Crippen molar-refractivity contribution in [2.24, 2.45) is 0 Å². The zero-order chi connectivity index (χ0) is 20.0. The predicted octanol–water partition coefficient (Wildman–Crippen LogP) is 3.19. The van der Waals surface area contributed by atoms with Crippen molar-refractivity contribution >= 4 is 39.1 Å². The number of benzene rings is 2. The van der Waals surface area contributed by atoms with Crippen molar-refractivity contribution in [2.45, 2.75) is 11.4 Å². The van der Waals surface area contributed by atoms with Gasteiger partial charge in [0.2, 0.25) is 10.0 Å². The largest absolute Gasteiger partial charge is 0.383 e. The Morgan fingerprint density at radius 3 is 2.41 bits per heavy atom. The molecule has 0 radical (unpaired) electrons. The molecule has 0 fully saturated rings. The average molecular weight is 431 g/mol. The Morgan fingerprint density at radius 2 is 1.81 bits per heavy atom. The van der Waals surface area contributed by atoms with Crippen molar-refractivity contribution in [1.82, 2.24) is 9.62 Å². The second kappa shape index (κ2) is 9.52. The van der Waals surface area contributed by atoms with Crippen molar-refractivity contribution in [3.05, 3.63) is 63.6 Å². The summed E-state index contributed by atoms with van der Waals surface area (Å²) in [5.41, 5.74) is 1.14. The lowest BCUT2D eigenvalue weighted by atomic mass is 10.1. The summed E-state index contributed by atoms with van der Waals surface area (Å²) in [7, 11) is -0.507. The van der Waals surface area contributed by atoms with Crippen LogP contribution < -0.4 is 4.72 Å². The number of hydrogen-bond acceptors (Lipinski definition) is 4. The molecule has 0 aliphatic rings. The van der Waals surface area contributed by atoms with Crippen LogP contribution in [0.15, 0.2) is 47.4 Å². The van der Waals surface area contributed by atoms with E-state index in [1.165, 1.54) is 36.3 Å². The van der Waals surface area contributed by atoms with Crippen LogP contribution in [-0.2, 0) is 21.3 Å². The smallest absolute Gasteiger partial charge is 0.253 e. The maximum Gasteiger partial charge on any atom is 0.253 e. The van der Waals surface area contributed by atoms with Crippen molar-refractivity contribution in [3.8, 4) is 0 Å². The number of halogens is 2. The number of rotatable bonds is 8. The number of nitrogens with zero attached hydrogens (tertiary/aromatic N) is 1. The van der Waals surface area contributed by atoms with Gasteiger partial charge in [-0.05, 0) is 42.0 Å². The van der Waals surface area contributed by atoms with Gasteiger partial charge >= 0.3 is 0 Å². The molecule has 1 N–H and O–H groups in total. The third-order valence-corrected chi connectivity index (χ3v) is 5.84. The van der Waals surface area contributed by atoms with Crippen molar-refractivity contribution in [1.29, 1.82) is 0 Å². The van der Waals surface area contributed by atoms with E-state index in [0.717, 1.165) is 5.56 Å². The number of hydrogen-bond donors (Lipinski definition) is 1. The molecule has 0 unspecified atom stereocenters. The fourth-order valence-corrected chi connectivity index (χ4v) is 3.82. The summed E-state index contributed by atoms with van der Waals surface area (Å²) in [6.07, 6.45) is 0. The molecule has 0 aromatic heterocycles. The van der Waals surface area contributed by atoms with E-state index in [-0.39, 0.29) is 24.0 Å². The van der Waals surface area contributed by atoms with E-state index in [1.54, 1.807) is 25.2 Å². The standard InChI is InChI=1S/C18H20Cl2N2O4S/c1-22(12-14-3-6-15(19)11-17(14)20)18(23)13-4-7-16(8-5-13)27(24,25)21-9-10-26-2/h3-8,11,21H,9-10,12H2,1-2H3. The lowest BCUT2D eigenvalue weighted by molar-refractivity contribution is 0.0785. The van der Waals surface area contributed by atoms with Gasteiger partial charge in [0.05, 0.1) is 11.5 Å². The number of nitrogens with one attached hydrogen (secondary N) is 1. The van der Waals surface area contributed by atoms with Crippen LogP contribution >= 0.6 is 23.2 Å². The van der Waals surface area contributed by atoms with Gasteiger partial charge in [-0.25, -0.2) is 13.1 Å². The zero-order valence-corrected chi connectivity index (χ0v) is 17.2. The zero-order valence-electron chi connectivity index (χ0n) is 14.9. The van der Waals surface area contributed by atoms with Gasteiger partial charge in [-0.15, -0.1) is 0 Å². The number of carbonyl (C=O) groups is 1. The highest BCUT2D eigenvalue weighted by atomic mass is 35.5. The van der Waals surface area contributed by atoms with E-state index in [0.29, 0.717) is 22.2 Å². The number of amides is 1. The minimum absolute atomic E-state index is 0.0820. The highest BCUT2D eigenvalue weighted by Gasteiger charge is 2.17. The summed E-state index contributed by atoms with van der Waals surface area (Å²) in [6, 6.07) is 10.8. The van der Waals surface area contributed by atoms with Gasteiger partial charge in [-0.2, -0.15) is 0 Å². The normalized spacial score (nSPS) is 11.4. The SMILES string of the molecule is COCCNS(=O)(=O)c1ccc(C(=O)N(C)Cc2ccc(Cl)cc2Cl)cc1. The maximum atomic E-state index is 12.6. The quantitative estimate of drug-likeness (QED) is 0.652. The molecule has 0 bridgehead atoms. The summed E-state index contributed by atoms with van der Waals surface area (Å²) >= 11 is 12.0. The van der Waals surface area contributed by atoms with Gasteiger partial charge in [-0.1, -0.05) is 29.3 Å². The lowest BCUT2D eigenvalue weighted by Crippen LogP contribution is -2.28. The molecule has 2 rings (SSSR count). The van der Waals surface area contributed by atoms with Crippen molar-refractivity contribution in [3.63, 3.8) is 0 Å². The van der Waals surface area contributed by atoms with E-state index in [4.69, 9.17) is 27.9 Å². The van der Waals surface area contributed by atoms with Gasteiger partial charge in [-0.3, -0.25) is 4.79 Å². The molecular weight excluding hydrogens is 411 g/mol. The maximum absolute atomic E-state index is 12.6. The molecule has 2 aromatic rings. The number of carbonyl (C=O) groups excluding carboxylic acids is 1. The molecular formula is C18H20Cl2N2O4S. The van der Waals surface area contributed by atoms with Crippen LogP contribution in [0.5, 0.6) is 0 Å². The van der Waals surface area contributed by atoms with Gasteiger partial charge < -0.3 is 9.64 Å². The second-order valence-corrected chi connectivity index (χ2v) is 8.42. The first-order valence-corrected chi connectivity index (χ1v) is 10.3. The molecule has 0 saturated heterocycles. The highest BCUT2D eigenvalue weighted by Crippen LogP contribution is 2.22. The first kappa shape index (κ1) is 21.7. The summed E-state index contributed by atoms with van der Waals surface area (Å²) in [6.45, 7) is 0.741. The van der Waals surface area contributed by atoms with Crippen LogP contribution in [-0.4, -0.2) is 46.5 Å². The lowest BCUT2D eigenvalue weighted by Gasteiger charge is -2.18. The van der Waals surface area contributed by atoms with Crippen LogP contribution in [0.2, 0.25) is 10.0 Å². The molecule has 0 heterocycles. The van der Waals surface area contributed by atoms with Crippen molar-refractivity contribution in [2.75, 3.05) is 27.3 Å². The van der Waals surface area contributed by atoms with Crippen molar-refractivity contribution < 1.29 is 17.9 Å². The number of sulfonamides is 1. The fraction of sp³-hybridized carbons (Fsp3) is 0.278. The molecule has 146 valence electrons. The Hall–Kier alpha value is -1.64. The molecule has 0 saturated carbocycles. The topological polar surface area (TPSA) is 75.7 Å². The first-order valence-electron chi connectivity index (χ1n) is 8.02. The Labute approximate surface area is 169 Å². The van der Waals surface area contributed by atoms with Crippen LogP contribution in [0.4, 0.5) is 0 Å². The predicted molar refractivity (Wildman–Crippen MR) is 106 cm³/mol. The van der Waals surface area contributed by atoms with Crippen LogP contribution in [0.25, 0.3) is 0 Å². The third-order valence-electron chi connectivity index (χ3n) is 3.78. The van der Waals surface area contributed by atoms with E-state index >= 15 is 0 Å². The molecule has 27 heavy (non-hydrogen) atoms. The number of methoxy groups -OCH3 is 1. The minimum Gasteiger partial charge on any atom is -0.383 e.